The van der Waals surface area contributed by atoms with E-state index in [0.29, 0.717) is 13.2 Å². The molecule has 1 unspecified atom stereocenters. The zero-order valence-corrected chi connectivity index (χ0v) is 20.2. The molecule has 1 atom stereocenters. The van der Waals surface area contributed by atoms with Gasteiger partial charge in [0.15, 0.2) is 5.75 Å². The molecule has 3 heterocycles. The maximum Gasteiger partial charge on any atom is 0.154 e. The predicted molar refractivity (Wildman–Crippen MR) is 129 cm³/mol. The van der Waals surface area contributed by atoms with Gasteiger partial charge in [-0.2, -0.15) is 0 Å². The molecule has 8 heteroatoms. The van der Waals surface area contributed by atoms with Gasteiger partial charge in [-0.3, -0.25) is 0 Å². The molecule has 0 amide bonds. The highest BCUT2D eigenvalue weighted by Crippen LogP contribution is 2.44. The lowest BCUT2D eigenvalue weighted by molar-refractivity contribution is 0.146. The molecule has 0 saturated heterocycles. The number of benzene rings is 2. The van der Waals surface area contributed by atoms with Crippen LogP contribution in [0.1, 0.15) is 5.56 Å². The van der Waals surface area contributed by atoms with Crippen LogP contribution in [0.4, 0.5) is 11.5 Å². The van der Waals surface area contributed by atoms with Gasteiger partial charge in [-0.05, 0) is 58.7 Å². The van der Waals surface area contributed by atoms with Gasteiger partial charge in [-0.1, -0.05) is 28.1 Å². The molecular weight excluding hydrogens is 524 g/mol. The van der Waals surface area contributed by atoms with E-state index < -0.39 is 0 Å². The molecule has 0 saturated carbocycles. The number of hydrogen-bond acceptors (Lipinski definition) is 5. The van der Waals surface area contributed by atoms with Crippen LogP contribution in [0.5, 0.6) is 5.75 Å². The van der Waals surface area contributed by atoms with Gasteiger partial charge in [-0.15, -0.1) is 0 Å². The number of pyridine rings is 1. The van der Waals surface area contributed by atoms with Gasteiger partial charge >= 0.3 is 0 Å². The predicted octanol–water partition coefficient (Wildman–Crippen LogP) is 6.00. The van der Waals surface area contributed by atoms with Crippen LogP contribution in [0.2, 0.25) is 0 Å². The van der Waals surface area contributed by atoms with Gasteiger partial charge < -0.3 is 19.4 Å². The fraction of sp³-hybridized carbons (Fsp3) is 0.217. The van der Waals surface area contributed by atoms with Crippen molar-refractivity contribution in [3.05, 3.63) is 63.2 Å². The van der Waals surface area contributed by atoms with Crippen molar-refractivity contribution in [1.29, 1.82) is 0 Å². The molecule has 0 radical (unpaired) electrons. The summed E-state index contributed by atoms with van der Waals surface area (Å²) in [7, 11) is 1.71. The first kappa shape index (κ1) is 20.5. The topological polar surface area (TPSA) is 63.3 Å². The van der Waals surface area contributed by atoms with Crippen molar-refractivity contribution >= 4 is 54.4 Å². The number of aryl methyl sites for hydroxylation is 1. The van der Waals surface area contributed by atoms with Gasteiger partial charge in [0, 0.05) is 22.3 Å². The number of para-hydroxylation sites is 1. The first-order chi connectivity index (χ1) is 15.0. The largest absolute Gasteiger partial charge is 0.488 e. The first-order valence-corrected chi connectivity index (χ1v) is 11.5. The number of fused-ring (bicyclic) bond motifs is 2. The number of nitrogens with zero attached hydrogens (tertiary/aromatic N) is 3. The Morgan fingerprint density at radius 3 is 2.87 bits per heavy atom. The Bertz CT molecular complexity index is 1260. The van der Waals surface area contributed by atoms with Crippen LogP contribution in [0.25, 0.3) is 22.4 Å². The van der Waals surface area contributed by atoms with Gasteiger partial charge in [0.05, 0.1) is 29.4 Å². The summed E-state index contributed by atoms with van der Waals surface area (Å²) in [4.78, 5) is 15.1. The summed E-state index contributed by atoms with van der Waals surface area (Å²) in [5, 5.41) is 0. The molecule has 1 aliphatic rings. The lowest BCUT2D eigenvalue weighted by atomic mass is 10.1. The molecule has 4 aromatic rings. The second-order valence-electron chi connectivity index (χ2n) is 7.51. The first-order valence-electron chi connectivity index (χ1n) is 9.87. The van der Waals surface area contributed by atoms with Crippen LogP contribution >= 0.6 is 31.9 Å². The summed E-state index contributed by atoms with van der Waals surface area (Å²) in [6.07, 6.45) is 1.88. The molecule has 2 aromatic heterocycles. The number of aromatic nitrogens is 3. The van der Waals surface area contributed by atoms with Crippen LogP contribution in [0.3, 0.4) is 0 Å². The van der Waals surface area contributed by atoms with E-state index in [2.05, 4.69) is 58.9 Å². The Kier molecular flexibility index (Phi) is 5.45. The summed E-state index contributed by atoms with van der Waals surface area (Å²) in [6.45, 7) is 3.06. The molecule has 158 valence electrons. The minimum absolute atomic E-state index is 0.0173. The number of ether oxygens (including phenoxy) is 2. The van der Waals surface area contributed by atoms with Crippen molar-refractivity contribution in [3.8, 4) is 17.1 Å². The van der Waals surface area contributed by atoms with Crippen molar-refractivity contribution in [3.63, 3.8) is 0 Å². The smallest absolute Gasteiger partial charge is 0.154 e. The van der Waals surface area contributed by atoms with Crippen LogP contribution in [0, 0.1) is 6.92 Å². The maximum absolute atomic E-state index is 6.27. The SMILES string of the molecule is COCC1COc2c(-c3nc4c(Br)cc(Br)cc4[nH]3)cccc2N1c1ccc(C)cn1. The molecular formula is C23H20Br2N4O2. The second-order valence-corrected chi connectivity index (χ2v) is 9.28. The van der Waals surface area contributed by atoms with Gasteiger partial charge in [0.25, 0.3) is 0 Å². The number of nitrogens with one attached hydrogen (secondary N) is 1. The number of anilines is 2. The van der Waals surface area contributed by atoms with E-state index >= 15 is 0 Å². The minimum Gasteiger partial charge on any atom is -0.488 e. The monoisotopic (exact) mass is 542 g/mol. The molecule has 1 aliphatic heterocycles. The van der Waals surface area contributed by atoms with Crippen molar-refractivity contribution in [1.82, 2.24) is 15.0 Å². The van der Waals surface area contributed by atoms with E-state index in [0.717, 1.165) is 54.2 Å². The van der Waals surface area contributed by atoms with Crippen LogP contribution < -0.4 is 9.64 Å². The van der Waals surface area contributed by atoms with E-state index in [1.165, 1.54) is 0 Å². The second kappa shape index (κ2) is 8.26. The summed E-state index contributed by atoms with van der Waals surface area (Å²) >= 11 is 7.15. The Morgan fingerprint density at radius 1 is 1.23 bits per heavy atom. The molecule has 0 spiro atoms. The van der Waals surface area contributed by atoms with Gasteiger partial charge in [0.2, 0.25) is 0 Å². The average molecular weight is 544 g/mol. The summed E-state index contributed by atoms with van der Waals surface area (Å²) in [5.41, 5.74) is 4.79. The van der Waals surface area contributed by atoms with E-state index in [1.807, 2.05) is 43.5 Å². The van der Waals surface area contributed by atoms with Crippen LogP contribution in [-0.4, -0.2) is 41.3 Å². The van der Waals surface area contributed by atoms with Crippen molar-refractivity contribution < 1.29 is 9.47 Å². The molecule has 1 N–H and O–H groups in total. The molecule has 6 nitrogen and oxygen atoms in total. The van der Waals surface area contributed by atoms with E-state index in [9.17, 15) is 0 Å². The molecule has 0 aliphatic carbocycles. The highest BCUT2D eigenvalue weighted by molar-refractivity contribution is 9.11. The Morgan fingerprint density at radius 2 is 2.10 bits per heavy atom. The van der Waals surface area contributed by atoms with Crippen LogP contribution in [-0.2, 0) is 4.74 Å². The summed E-state index contributed by atoms with van der Waals surface area (Å²) in [6, 6.07) is 14.2. The quantitative estimate of drug-likeness (QED) is 0.342. The van der Waals surface area contributed by atoms with Crippen molar-refractivity contribution in [2.24, 2.45) is 0 Å². The number of imidazole rings is 1. The molecule has 0 fully saturated rings. The normalized spacial score (nSPS) is 15.7. The highest BCUT2D eigenvalue weighted by Gasteiger charge is 2.32. The van der Waals surface area contributed by atoms with Crippen molar-refractivity contribution in [2.75, 3.05) is 25.2 Å². The Labute approximate surface area is 196 Å². The maximum atomic E-state index is 6.27. The fourth-order valence-corrected chi connectivity index (χ4v) is 5.22. The average Bonchev–Trinajstić information content (AvgIpc) is 3.18. The third-order valence-corrected chi connectivity index (χ3v) is 6.36. The standard InChI is InChI=1S/C23H20Br2N4O2/c1-13-6-7-20(26-10-13)29-15(11-30-2)12-31-22-16(4-3-5-19(22)29)23-27-18-9-14(24)8-17(25)21(18)28-23/h3-10,15H,11-12H2,1-2H3,(H,27,28). The van der Waals surface area contributed by atoms with Gasteiger partial charge in [-0.25, -0.2) is 9.97 Å². The number of halogens is 2. The Hall–Kier alpha value is -2.42. The highest BCUT2D eigenvalue weighted by atomic mass is 79.9. The molecule has 2 aromatic carbocycles. The number of aromatic amines is 1. The minimum atomic E-state index is 0.0173. The zero-order chi connectivity index (χ0) is 21.5. The van der Waals surface area contributed by atoms with Crippen LogP contribution in [0.15, 0.2) is 57.6 Å². The molecule has 0 bridgehead atoms. The van der Waals surface area contributed by atoms with Crippen molar-refractivity contribution in [2.45, 2.75) is 13.0 Å². The third kappa shape index (κ3) is 3.73. The number of methoxy groups -OCH3 is 1. The van der Waals surface area contributed by atoms with Gasteiger partial charge in [0.1, 0.15) is 23.8 Å². The lowest BCUT2D eigenvalue weighted by Crippen LogP contribution is -2.43. The zero-order valence-electron chi connectivity index (χ0n) is 17.0. The lowest BCUT2D eigenvalue weighted by Gasteiger charge is -2.38. The number of H-pyrrole nitrogens is 1. The van der Waals surface area contributed by atoms with E-state index in [-0.39, 0.29) is 6.04 Å². The van der Waals surface area contributed by atoms with E-state index in [4.69, 9.17) is 14.5 Å². The molecule has 31 heavy (non-hydrogen) atoms. The number of hydrogen-bond donors (Lipinski definition) is 1. The Balaban J connectivity index is 1.65. The van der Waals surface area contributed by atoms with E-state index in [1.54, 1.807) is 7.11 Å². The third-order valence-electron chi connectivity index (χ3n) is 5.30. The fourth-order valence-electron chi connectivity index (χ4n) is 3.90. The number of rotatable bonds is 4. The summed E-state index contributed by atoms with van der Waals surface area (Å²) < 4.78 is 13.6. The summed E-state index contributed by atoms with van der Waals surface area (Å²) in [5.74, 6) is 2.41. The molecule has 5 rings (SSSR count).